The molecule has 1 N–H and O–H groups in total. The van der Waals surface area contributed by atoms with Crippen LogP contribution in [-0.4, -0.2) is 44.2 Å². The van der Waals surface area contributed by atoms with Crippen LogP contribution in [0.5, 0.6) is 0 Å². The molecule has 20 heavy (non-hydrogen) atoms. The smallest absolute Gasteiger partial charge is 0.243 e. The van der Waals surface area contributed by atoms with E-state index in [2.05, 4.69) is 5.32 Å². The van der Waals surface area contributed by atoms with E-state index in [0.29, 0.717) is 25.2 Å². The number of halogens is 1. The Bertz CT molecular complexity index is 589. The molecule has 1 aromatic rings. The molecule has 0 bridgehead atoms. The molecule has 1 aromatic carbocycles. The number of sulfonamides is 1. The van der Waals surface area contributed by atoms with Gasteiger partial charge in [0, 0.05) is 31.2 Å². The number of piperazine rings is 1. The number of carbonyl (C=O) groups excluding carboxylic acids is 1. The third kappa shape index (κ3) is 3.38. The molecule has 0 aliphatic carbocycles. The largest absolute Gasteiger partial charge is 0.314 e. The Hall–Kier alpha value is -0.950. The van der Waals surface area contributed by atoms with Crippen molar-refractivity contribution in [2.45, 2.75) is 24.8 Å². The molecule has 0 amide bonds. The zero-order chi connectivity index (χ0) is 14.0. The summed E-state index contributed by atoms with van der Waals surface area (Å²) in [7, 11) is -3.53. The minimum absolute atomic E-state index is 0. The molecule has 0 radical (unpaired) electrons. The summed E-state index contributed by atoms with van der Waals surface area (Å²) in [6.07, 6.45) is 0. The molecule has 1 heterocycles. The van der Waals surface area contributed by atoms with E-state index in [1.54, 1.807) is 12.1 Å². The summed E-state index contributed by atoms with van der Waals surface area (Å²) in [5.74, 6) is -0.134. The lowest BCUT2D eigenvalue weighted by molar-refractivity contribution is 0.101. The average Bonchev–Trinajstić information content (AvgIpc) is 2.39. The molecule has 1 atom stereocenters. The van der Waals surface area contributed by atoms with Gasteiger partial charge in [0.25, 0.3) is 0 Å². The molecule has 1 aliphatic rings. The van der Waals surface area contributed by atoms with E-state index in [4.69, 9.17) is 0 Å². The lowest BCUT2D eigenvalue weighted by Crippen LogP contribution is -2.52. The number of hydrogen-bond acceptors (Lipinski definition) is 4. The zero-order valence-electron chi connectivity index (χ0n) is 11.5. The molecule has 0 saturated carbocycles. The predicted molar refractivity (Wildman–Crippen MR) is 79.9 cm³/mol. The van der Waals surface area contributed by atoms with Crippen LogP contribution in [0, 0.1) is 0 Å². The molecular formula is C13H19ClN2O3S. The summed E-state index contributed by atoms with van der Waals surface area (Å²) in [5, 5.41) is 3.16. The fourth-order valence-electron chi connectivity index (χ4n) is 2.19. The van der Waals surface area contributed by atoms with E-state index in [9.17, 15) is 13.2 Å². The van der Waals surface area contributed by atoms with Crippen molar-refractivity contribution in [2.24, 2.45) is 0 Å². The van der Waals surface area contributed by atoms with E-state index in [1.165, 1.54) is 23.4 Å². The summed E-state index contributed by atoms with van der Waals surface area (Å²) < 4.78 is 26.6. The van der Waals surface area contributed by atoms with Crippen molar-refractivity contribution in [3.05, 3.63) is 29.8 Å². The van der Waals surface area contributed by atoms with Crippen LogP contribution in [0.1, 0.15) is 24.2 Å². The maximum Gasteiger partial charge on any atom is 0.243 e. The Balaban J connectivity index is 0.00000200. The van der Waals surface area contributed by atoms with Crippen molar-refractivity contribution < 1.29 is 13.2 Å². The number of nitrogens with one attached hydrogen (secondary N) is 1. The molecule has 2 rings (SSSR count). The minimum atomic E-state index is -3.53. The van der Waals surface area contributed by atoms with Gasteiger partial charge in [-0.2, -0.15) is 4.31 Å². The number of Topliss-reactive ketones (excluding diaryl/α,β-unsaturated/α-hetero) is 1. The first-order valence-corrected chi connectivity index (χ1v) is 7.70. The molecule has 0 unspecified atom stereocenters. The quantitative estimate of drug-likeness (QED) is 0.853. The van der Waals surface area contributed by atoms with Crippen molar-refractivity contribution in [2.75, 3.05) is 19.6 Å². The lowest BCUT2D eigenvalue weighted by atomic mass is 10.2. The number of benzene rings is 1. The topological polar surface area (TPSA) is 66.5 Å². The second-order valence-corrected chi connectivity index (χ2v) is 6.64. The lowest BCUT2D eigenvalue weighted by Gasteiger charge is -2.32. The number of rotatable bonds is 3. The van der Waals surface area contributed by atoms with Gasteiger partial charge in [0.1, 0.15) is 0 Å². The van der Waals surface area contributed by atoms with E-state index in [0.717, 1.165) is 0 Å². The van der Waals surface area contributed by atoms with Gasteiger partial charge in [-0.3, -0.25) is 4.79 Å². The van der Waals surface area contributed by atoms with Crippen LogP contribution in [0.25, 0.3) is 0 Å². The summed E-state index contributed by atoms with van der Waals surface area (Å²) in [6, 6.07) is 6.14. The first-order chi connectivity index (χ1) is 8.93. The third-order valence-corrected chi connectivity index (χ3v) is 5.30. The van der Waals surface area contributed by atoms with Gasteiger partial charge in [0.15, 0.2) is 5.78 Å². The Morgan fingerprint density at radius 1 is 1.40 bits per heavy atom. The van der Waals surface area contributed by atoms with E-state index in [1.807, 2.05) is 6.92 Å². The molecule has 1 saturated heterocycles. The first-order valence-electron chi connectivity index (χ1n) is 6.26. The van der Waals surface area contributed by atoms with Crippen LogP contribution in [-0.2, 0) is 10.0 Å². The van der Waals surface area contributed by atoms with Gasteiger partial charge in [-0.25, -0.2) is 8.42 Å². The first kappa shape index (κ1) is 17.1. The van der Waals surface area contributed by atoms with Gasteiger partial charge in [0.2, 0.25) is 10.0 Å². The predicted octanol–water partition coefficient (Wildman–Crippen LogP) is 1.29. The fraction of sp³-hybridized carbons (Fsp3) is 0.462. The summed E-state index contributed by atoms with van der Waals surface area (Å²) in [5.41, 5.74) is 0.420. The Kier molecular flexibility index (Phi) is 5.70. The van der Waals surface area contributed by atoms with E-state index in [-0.39, 0.29) is 29.1 Å². The van der Waals surface area contributed by atoms with Crippen LogP contribution in [0.4, 0.5) is 0 Å². The van der Waals surface area contributed by atoms with Gasteiger partial charge in [-0.1, -0.05) is 12.1 Å². The molecule has 112 valence electrons. The second-order valence-electron chi connectivity index (χ2n) is 4.75. The monoisotopic (exact) mass is 318 g/mol. The van der Waals surface area contributed by atoms with Crippen LogP contribution < -0.4 is 5.32 Å². The number of hydrogen-bond donors (Lipinski definition) is 1. The summed E-state index contributed by atoms with van der Waals surface area (Å²) >= 11 is 0. The maximum atomic E-state index is 12.6. The molecule has 1 fully saturated rings. The van der Waals surface area contributed by atoms with Crippen molar-refractivity contribution in [3.8, 4) is 0 Å². The fourth-order valence-corrected chi connectivity index (χ4v) is 3.87. The normalized spacial score (nSPS) is 20.2. The molecule has 1 aliphatic heterocycles. The molecule has 0 spiro atoms. The second kappa shape index (κ2) is 6.67. The number of carbonyl (C=O) groups is 1. The van der Waals surface area contributed by atoms with Crippen molar-refractivity contribution in [1.29, 1.82) is 0 Å². The summed E-state index contributed by atoms with van der Waals surface area (Å²) in [6.45, 7) is 5.05. The van der Waals surface area contributed by atoms with Crippen LogP contribution in [0.2, 0.25) is 0 Å². The van der Waals surface area contributed by atoms with Crippen molar-refractivity contribution >= 4 is 28.2 Å². The molecule has 0 aromatic heterocycles. The number of ketones is 1. The highest BCUT2D eigenvalue weighted by Crippen LogP contribution is 2.20. The standard InChI is InChI=1S/C13H18N2O3S.ClH/c1-10-9-14-6-7-15(10)19(17,18)13-5-3-4-12(8-13)11(2)16;/h3-5,8,10,14H,6-7,9H2,1-2H3;1H/t10-;/m1./s1. The zero-order valence-corrected chi connectivity index (χ0v) is 13.1. The summed E-state index contributed by atoms with van der Waals surface area (Å²) in [4.78, 5) is 11.5. The van der Waals surface area contributed by atoms with Crippen LogP contribution in [0.15, 0.2) is 29.2 Å². The van der Waals surface area contributed by atoms with Crippen molar-refractivity contribution in [3.63, 3.8) is 0 Å². The van der Waals surface area contributed by atoms with Gasteiger partial charge < -0.3 is 5.32 Å². The third-order valence-electron chi connectivity index (χ3n) is 3.29. The Labute approximate surface area is 125 Å². The van der Waals surface area contributed by atoms with Gasteiger partial charge in [0.05, 0.1) is 4.90 Å². The average molecular weight is 319 g/mol. The highest BCUT2D eigenvalue weighted by Gasteiger charge is 2.30. The van der Waals surface area contributed by atoms with Gasteiger partial charge >= 0.3 is 0 Å². The van der Waals surface area contributed by atoms with Gasteiger partial charge in [-0.15, -0.1) is 12.4 Å². The molecular weight excluding hydrogens is 300 g/mol. The maximum absolute atomic E-state index is 12.6. The SMILES string of the molecule is CC(=O)c1cccc(S(=O)(=O)N2CCNC[C@H]2C)c1.Cl. The van der Waals surface area contributed by atoms with Gasteiger partial charge in [-0.05, 0) is 26.0 Å². The van der Waals surface area contributed by atoms with E-state index >= 15 is 0 Å². The van der Waals surface area contributed by atoms with E-state index < -0.39 is 10.0 Å². The molecule has 7 heteroatoms. The minimum Gasteiger partial charge on any atom is -0.314 e. The van der Waals surface area contributed by atoms with Crippen molar-refractivity contribution in [1.82, 2.24) is 9.62 Å². The molecule has 5 nitrogen and oxygen atoms in total. The highest BCUT2D eigenvalue weighted by atomic mass is 35.5. The Morgan fingerprint density at radius 2 is 2.10 bits per heavy atom. The van der Waals surface area contributed by atoms with Crippen LogP contribution in [0.3, 0.4) is 0 Å². The highest BCUT2D eigenvalue weighted by molar-refractivity contribution is 7.89. The Morgan fingerprint density at radius 3 is 2.70 bits per heavy atom. The van der Waals surface area contributed by atoms with Crippen LogP contribution >= 0.6 is 12.4 Å². The number of nitrogens with zero attached hydrogens (tertiary/aromatic N) is 1.